The first-order chi connectivity index (χ1) is 15.3. The lowest BCUT2D eigenvalue weighted by molar-refractivity contribution is 0.315. The first-order valence-corrected chi connectivity index (χ1v) is 13.6. The third kappa shape index (κ3) is 10.9. The van der Waals surface area contributed by atoms with Gasteiger partial charge in [0.05, 0.1) is 6.54 Å². The summed E-state index contributed by atoms with van der Waals surface area (Å²) in [7, 11) is -0.000810. The summed E-state index contributed by atoms with van der Waals surface area (Å²) in [6.07, 6.45) is 4.65. The van der Waals surface area contributed by atoms with Crippen LogP contribution in [-0.4, -0.2) is 48.7 Å². The van der Waals surface area contributed by atoms with Crippen molar-refractivity contribution in [3.05, 3.63) is 72.8 Å². The van der Waals surface area contributed by atoms with E-state index in [1.54, 1.807) is 0 Å². The lowest BCUT2D eigenvalue weighted by atomic mass is 10.2. The van der Waals surface area contributed by atoms with Crippen molar-refractivity contribution in [2.45, 2.75) is 39.1 Å². The lowest BCUT2D eigenvalue weighted by Gasteiger charge is -2.32. The molecule has 0 radical (unpaired) electrons. The number of nitrogens with zero attached hydrogens (tertiary/aromatic N) is 1. The highest BCUT2D eigenvalue weighted by Gasteiger charge is 2.17. The Morgan fingerprint density at radius 3 is 2.31 bits per heavy atom. The maximum Gasteiger partial charge on any atom is 0.122 e. The summed E-state index contributed by atoms with van der Waals surface area (Å²) in [5, 5.41) is 7.00. The number of ether oxygens (including phenoxy) is 1. The van der Waals surface area contributed by atoms with Gasteiger partial charge in [-0.3, -0.25) is 4.90 Å². The van der Waals surface area contributed by atoms with E-state index in [1.807, 2.05) is 0 Å². The summed E-state index contributed by atoms with van der Waals surface area (Å²) < 4.78 is 6.24. The molecule has 3 nitrogen and oxygen atoms in total. The maximum atomic E-state index is 7.00. The SMILES string of the molecule is C=C.CCN(CC#CC(C)C)Cc1cccc(OCS(C)(C)c2ccccc2C)c1.CO. The number of aliphatic hydroxyl groups is 1. The van der Waals surface area contributed by atoms with Gasteiger partial charge in [-0.25, -0.2) is 0 Å². The predicted octanol–water partition coefficient (Wildman–Crippen LogP) is 6.35. The normalized spacial score (nSPS) is 10.8. The van der Waals surface area contributed by atoms with Crippen LogP contribution in [0.4, 0.5) is 0 Å². The third-order valence-electron chi connectivity index (χ3n) is 4.65. The molecule has 0 unspecified atom stereocenters. The fourth-order valence-electron chi connectivity index (χ4n) is 3.09. The zero-order valence-corrected chi connectivity index (χ0v) is 22.0. The molecule has 1 N–H and O–H groups in total. The summed E-state index contributed by atoms with van der Waals surface area (Å²) in [6.45, 7) is 17.3. The molecule has 0 spiro atoms. The van der Waals surface area contributed by atoms with Gasteiger partial charge in [0, 0.05) is 19.6 Å². The Hall–Kier alpha value is -2.19. The lowest BCUT2D eigenvalue weighted by Crippen LogP contribution is -2.23. The second kappa shape index (κ2) is 16.4. The van der Waals surface area contributed by atoms with Crippen LogP contribution < -0.4 is 4.74 Å². The Morgan fingerprint density at radius 1 is 1.06 bits per heavy atom. The number of hydrogen-bond donors (Lipinski definition) is 1. The number of benzene rings is 2. The zero-order valence-electron chi connectivity index (χ0n) is 21.1. The van der Waals surface area contributed by atoms with E-state index in [-0.39, 0.29) is 0 Å². The molecule has 0 aliphatic rings. The van der Waals surface area contributed by atoms with Crippen LogP contribution in [0.5, 0.6) is 5.75 Å². The van der Waals surface area contributed by atoms with Crippen molar-refractivity contribution in [2.75, 3.05) is 38.6 Å². The molecule has 0 bridgehead atoms. The van der Waals surface area contributed by atoms with Crippen molar-refractivity contribution in [3.8, 4) is 17.6 Å². The van der Waals surface area contributed by atoms with Gasteiger partial charge in [0.2, 0.25) is 0 Å². The van der Waals surface area contributed by atoms with E-state index < -0.39 is 10.0 Å². The first kappa shape index (κ1) is 29.8. The van der Waals surface area contributed by atoms with Crippen LogP contribution in [0.25, 0.3) is 0 Å². The summed E-state index contributed by atoms with van der Waals surface area (Å²) in [5.41, 5.74) is 2.62. The Bertz CT molecular complexity index is 837. The number of aliphatic hydroxyl groups excluding tert-OH is 1. The highest BCUT2D eigenvalue weighted by molar-refractivity contribution is 8.32. The van der Waals surface area contributed by atoms with E-state index in [4.69, 9.17) is 9.84 Å². The molecule has 2 aromatic rings. The quantitative estimate of drug-likeness (QED) is 0.370. The van der Waals surface area contributed by atoms with Gasteiger partial charge in [-0.05, 0) is 60.2 Å². The van der Waals surface area contributed by atoms with Crippen LogP contribution in [0.2, 0.25) is 0 Å². The molecule has 0 fully saturated rings. The monoisotopic (exact) mass is 457 g/mol. The highest BCUT2D eigenvalue weighted by Crippen LogP contribution is 2.50. The third-order valence-corrected chi connectivity index (χ3v) is 7.01. The molecule has 178 valence electrons. The van der Waals surface area contributed by atoms with E-state index in [1.165, 1.54) is 16.0 Å². The van der Waals surface area contributed by atoms with Gasteiger partial charge in [0.25, 0.3) is 0 Å². The Morgan fingerprint density at radius 2 is 1.72 bits per heavy atom. The second-order valence-electron chi connectivity index (χ2n) is 7.99. The molecular weight excluding hydrogens is 414 g/mol. The molecule has 32 heavy (non-hydrogen) atoms. The van der Waals surface area contributed by atoms with Crippen LogP contribution in [0.3, 0.4) is 0 Å². The summed E-state index contributed by atoms with van der Waals surface area (Å²) in [6, 6.07) is 17.1. The van der Waals surface area contributed by atoms with Crippen LogP contribution in [0.15, 0.2) is 66.6 Å². The summed E-state index contributed by atoms with van der Waals surface area (Å²) >= 11 is 0. The topological polar surface area (TPSA) is 32.7 Å². The first-order valence-electron chi connectivity index (χ1n) is 11.0. The van der Waals surface area contributed by atoms with Gasteiger partial charge >= 0.3 is 0 Å². The second-order valence-corrected chi connectivity index (χ2v) is 11.7. The minimum atomic E-state index is -1.00. The fraction of sp³-hybridized carbons (Fsp3) is 0.429. The standard InChI is InChI=1S/C25H35NOS.C2H4.CH4O/c1-7-26(17-11-12-21(2)3)19-23-14-10-15-24(18-23)27-20-28(5,6)25-16-9-8-13-22(25)4;2*1-2/h8-10,13-16,18,21H,7,17,19-20H2,1-6H3;1-2H2;2H,1H3. The van der Waals surface area contributed by atoms with Crippen LogP contribution in [-0.2, 0) is 6.54 Å². The highest BCUT2D eigenvalue weighted by atomic mass is 32.3. The van der Waals surface area contributed by atoms with Crippen LogP contribution in [0, 0.1) is 24.7 Å². The van der Waals surface area contributed by atoms with E-state index in [0.717, 1.165) is 38.4 Å². The van der Waals surface area contributed by atoms with E-state index >= 15 is 0 Å². The minimum Gasteiger partial charge on any atom is -0.484 e. The number of hydrogen-bond acceptors (Lipinski definition) is 3. The van der Waals surface area contributed by atoms with Crippen LogP contribution >= 0.6 is 10.0 Å². The molecule has 0 amide bonds. The van der Waals surface area contributed by atoms with Crippen molar-refractivity contribution in [2.24, 2.45) is 5.92 Å². The van der Waals surface area contributed by atoms with Gasteiger partial charge in [-0.2, -0.15) is 10.0 Å². The Kier molecular flexibility index (Phi) is 15.3. The molecular formula is C28H43NO2S. The van der Waals surface area contributed by atoms with E-state index in [9.17, 15) is 0 Å². The van der Waals surface area contributed by atoms with Gasteiger partial charge in [-0.1, -0.05) is 62.9 Å². The molecule has 4 heteroatoms. The maximum absolute atomic E-state index is 7.00. The number of aryl methyl sites for hydroxylation is 1. The summed E-state index contributed by atoms with van der Waals surface area (Å²) in [4.78, 5) is 3.78. The largest absolute Gasteiger partial charge is 0.484 e. The average molecular weight is 458 g/mol. The molecule has 0 atom stereocenters. The minimum absolute atomic E-state index is 0.425. The van der Waals surface area contributed by atoms with E-state index in [0.29, 0.717) is 5.92 Å². The molecule has 2 rings (SSSR count). The van der Waals surface area contributed by atoms with Crippen molar-refractivity contribution >= 4 is 10.0 Å². The predicted molar refractivity (Wildman–Crippen MR) is 144 cm³/mol. The van der Waals surface area contributed by atoms with Crippen molar-refractivity contribution in [1.29, 1.82) is 0 Å². The van der Waals surface area contributed by atoms with Gasteiger partial charge < -0.3 is 9.84 Å². The molecule has 0 aliphatic heterocycles. The molecule has 0 heterocycles. The van der Waals surface area contributed by atoms with Crippen molar-refractivity contribution in [1.82, 2.24) is 4.90 Å². The van der Waals surface area contributed by atoms with E-state index in [2.05, 4.69) is 119 Å². The average Bonchev–Trinajstić information content (AvgIpc) is 2.80. The van der Waals surface area contributed by atoms with Crippen molar-refractivity contribution < 1.29 is 9.84 Å². The molecule has 0 aromatic heterocycles. The molecule has 2 aromatic carbocycles. The fourth-order valence-corrected chi connectivity index (χ4v) is 5.03. The smallest absolute Gasteiger partial charge is 0.122 e. The van der Waals surface area contributed by atoms with Gasteiger partial charge in [0.15, 0.2) is 0 Å². The zero-order chi connectivity index (χ0) is 24.6. The van der Waals surface area contributed by atoms with Crippen LogP contribution in [0.1, 0.15) is 31.9 Å². The summed E-state index contributed by atoms with van der Waals surface area (Å²) in [5.74, 6) is 8.65. The Balaban J connectivity index is 0.00000227. The van der Waals surface area contributed by atoms with Crippen molar-refractivity contribution in [3.63, 3.8) is 0 Å². The molecule has 0 aliphatic carbocycles. The van der Waals surface area contributed by atoms with Gasteiger partial charge in [-0.15, -0.1) is 13.2 Å². The van der Waals surface area contributed by atoms with Gasteiger partial charge in [0.1, 0.15) is 11.7 Å². The Labute approximate surface area is 198 Å². The number of rotatable bonds is 8. The molecule has 0 saturated heterocycles. The molecule has 0 saturated carbocycles.